The van der Waals surface area contributed by atoms with Gasteiger partial charge in [-0.1, -0.05) is 23.7 Å². The van der Waals surface area contributed by atoms with Crippen molar-refractivity contribution in [3.05, 3.63) is 47.5 Å². The molecule has 80 valence electrons. The molecule has 2 aromatic carbocycles. The minimum atomic E-state index is 0.0402. The van der Waals surface area contributed by atoms with Crippen LogP contribution in [0, 0.1) is 0 Å². The minimum Gasteiger partial charge on any atom is -0.447 e. The highest BCUT2D eigenvalue weighted by Crippen LogP contribution is 2.43. The highest BCUT2D eigenvalue weighted by molar-refractivity contribution is 7.96. The summed E-state index contributed by atoms with van der Waals surface area (Å²) in [5.41, 5.74) is 0. The lowest BCUT2D eigenvalue weighted by atomic mass is 10.3. The van der Waals surface area contributed by atoms with Crippen molar-refractivity contribution in [1.29, 1.82) is 0 Å². The Kier molecular flexibility index (Phi) is 2.34. The Bertz CT molecular complexity index is 553. The van der Waals surface area contributed by atoms with E-state index in [9.17, 15) is 0 Å². The van der Waals surface area contributed by atoms with Gasteiger partial charge in [-0.2, -0.15) is 0 Å². The van der Waals surface area contributed by atoms with Crippen molar-refractivity contribution in [3.8, 4) is 11.5 Å². The highest BCUT2D eigenvalue weighted by Gasteiger charge is 2.32. The zero-order valence-electron chi connectivity index (χ0n) is 8.74. The van der Waals surface area contributed by atoms with Gasteiger partial charge in [0.25, 0.3) is 0 Å². The third kappa shape index (κ3) is 1.49. The van der Waals surface area contributed by atoms with Gasteiger partial charge in [0, 0.05) is 11.1 Å². The van der Waals surface area contributed by atoms with Crippen LogP contribution in [0.15, 0.2) is 52.3 Å². The standard InChI is InChI=1S/C13H10ClOS/c1-16-12-5-3-2-4-10(12)15-11-7-6-9(14)8-13(11)16/h2-8H,1H3/q+1. The molecule has 0 spiro atoms. The maximum atomic E-state index is 6.02. The summed E-state index contributed by atoms with van der Waals surface area (Å²) in [5, 5.41) is 0.765. The number of hydrogen-bond donors (Lipinski definition) is 0. The summed E-state index contributed by atoms with van der Waals surface area (Å²) in [6, 6.07) is 14.0. The van der Waals surface area contributed by atoms with Crippen molar-refractivity contribution in [3.63, 3.8) is 0 Å². The Labute approximate surface area is 102 Å². The van der Waals surface area contributed by atoms with Crippen LogP contribution in [0.1, 0.15) is 0 Å². The van der Waals surface area contributed by atoms with Crippen LogP contribution in [-0.2, 0) is 10.9 Å². The van der Waals surface area contributed by atoms with Gasteiger partial charge < -0.3 is 4.74 Å². The van der Waals surface area contributed by atoms with E-state index in [4.69, 9.17) is 16.3 Å². The highest BCUT2D eigenvalue weighted by atomic mass is 35.5. The monoisotopic (exact) mass is 249 g/mol. The summed E-state index contributed by atoms with van der Waals surface area (Å²) < 4.78 is 5.85. The van der Waals surface area contributed by atoms with Crippen LogP contribution in [0.3, 0.4) is 0 Å². The van der Waals surface area contributed by atoms with Crippen LogP contribution in [0.4, 0.5) is 0 Å². The van der Waals surface area contributed by atoms with Gasteiger partial charge in [-0.05, 0) is 24.3 Å². The Morgan fingerprint density at radius 3 is 2.62 bits per heavy atom. The van der Waals surface area contributed by atoms with E-state index in [1.54, 1.807) is 0 Å². The molecule has 0 saturated carbocycles. The molecule has 0 amide bonds. The fourth-order valence-corrected chi connectivity index (χ4v) is 3.71. The fourth-order valence-electron chi connectivity index (χ4n) is 1.83. The van der Waals surface area contributed by atoms with E-state index in [-0.39, 0.29) is 10.9 Å². The molecule has 0 N–H and O–H groups in total. The SMILES string of the molecule is C[S+]1c2ccccc2Oc2ccc(Cl)cc21. The van der Waals surface area contributed by atoms with Crippen LogP contribution >= 0.6 is 11.6 Å². The van der Waals surface area contributed by atoms with Crippen LogP contribution in [0.2, 0.25) is 5.02 Å². The second-order valence-corrected chi connectivity index (χ2v) is 5.99. The van der Waals surface area contributed by atoms with Crippen LogP contribution in [0.25, 0.3) is 0 Å². The molecule has 0 aromatic heterocycles. The largest absolute Gasteiger partial charge is 0.447 e. The van der Waals surface area contributed by atoms with Crippen molar-refractivity contribution in [2.75, 3.05) is 6.26 Å². The molecule has 0 saturated heterocycles. The van der Waals surface area contributed by atoms with E-state index >= 15 is 0 Å². The first-order valence-electron chi connectivity index (χ1n) is 4.98. The molecule has 1 nitrogen and oxygen atoms in total. The molecule has 1 unspecified atom stereocenters. The molecule has 3 heteroatoms. The quantitative estimate of drug-likeness (QED) is 0.639. The van der Waals surface area contributed by atoms with E-state index in [1.807, 2.05) is 36.4 Å². The maximum Gasteiger partial charge on any atom is 0.204 e. The number of fused-ring (bicyclic) bond motifs is 2. The Hall–Kier alpha value is -1.12. The first-order valence-corrected chi connectivity index (χ1v) is 6.99. The molecule has 2 aromatic rings. The molecule has 1 aliphatic rings. The second-order valence-electron chi connectivity index (χ2n) is 3.65. The van der Waals surface area contributed by atoms with Gasteiger partial charge in [-0.15, -0.1) is 0 Å². The van der Waals surface area contributed by atoms with Crippen molar-refractivity contribution < 1.29 is 4.74 Å². The van der Waals surface area contributed by atoms with Gasteiger partial charge >= 0.3 is 0 Å². The Balaban J connectivity index is 2.19. The molecule has 0 radical (unpaired) electrons. The summed E-state index contributed by atoms with van der Waals surface area (Å²) in [6.07, 6.45) is 2.20. The molecule has 3 rings (SSSR count). The van der Waals surface area contributed by atoms with Gasteiger partial charge in [0.05, 0.1) is 10.9 Å². The molecule has 0 aliphatic carbocycles. The first kappa shape index (κ1) is 10.1. The minimum absolute atomic E-state index is 0.0402. The predicted octanol–water partition coefficient (Wildman–Crippen LogP) is 4.11. The zero-order chi connectivity index (χ0) is 11.1. The summed E-state index contributed by atoms with van der Waals surface area (Å²) >= 11 is 6.02. The van der Waals surface area contributed by atoms with Gasteiger partial charge in [-0.25, -0.2) is 0 Å². The lowest BCUT2D eigenvalue weighted by Crippen LogP contribution is -2.09. The van der Waals surface area contributed by atoms with Crippen LogP contribution in [-0.4, -0.2) is 6.26 Å². The van der Waals surface area contributed by atoms with E-state index < -0.39 is 0 Å². The van der Waals surface area contributed by atoms with Crippen molar-refractivity contribution in [2.45, 2.75) is 9.79 Å². The van der Waals surface area contributed by atoms with E-state index in [0.717, 1.165) is 16.5 Å². The van der Waals surface area contributed by atoms with E-state index in [2.05, 4.69) is 12.3 Å². The summed E-state index contributed by atoms with van der Waals surface area (Å²) in [7, 11) is 0.0402. The number of hydrogen-bond acceptors (Lipinski definition) is 1. The van der Waals surface area contributed by atoms with Crippen molar-refractivity contribution >= 4 is 22.5 Å². The van der Waals surface area contributed by atoms with Gasteiger partial charge in [0.2, 0.25) is 9.79 Å². The number of rotatable bonds is 0. The van der Waals surface area contributed by atoms with Crippen molar-refractivity contribution in [2.24, 2.45) is 0 Å². The number of para-hydroxylation sites is 1. The lowest BCUT2D eigenvalue weighted by molar-refractivity contribution is 0.453. The third-order valence-electron chi connectivity index (χ3n) is 2.63. The average molecular weight is 250 g/mol. The zero-order valence-corrected chi connectivity index (χ0v) is 10.3. The second kappa shape index (κ2) is 3.72. The molecular formula is C13H10ClOS+. The van der Waals surface area contributed by atoms with Gasteiger partial charge in [0.1, 0.15) is 6.26 Å². The van der Waals surface area contributed by atoms with Crippen LogP contribution in [0.5, 0.6) is 11.5 Å². The first-order chi connectivity index (χ1) is 7.75. The average Bonchev–Trinajstić information content (AvgIpc) is 2.31. The lowest BCUT2D eigenvalue weighted by Gasteiger charge is -2.17. The Morgan fingerprint density at radius 1 is 1.00 bits per heavy atom. The summed E-state index contributed by atoms with van der Waals surface area (Å²) in [4.78, 5) is 2.43. The number of benzene rings is 2. The van der Waals surface area contributed by atoms with Crippen molar-refractivity contribution in [1.82, 2.24) is 0 Å². The summed E-state index contributed by atoms with van der Waals surface area (Å²) in [5.74, 6) is 1.89. The van der Waals surface area contributed by atoms with E-state index in [0.29, 0.717) is 0 Å². The Morgan fingerprint density at radius 2 is 1.75 bits per heavy atom. The predicted molar refractivity (Wildman–Crippen MR) is 67.8 cm³/mol. The van der Waals surface area contributed by atoms with Gasteiger partial charge in [0.15, 0.2) is 11.5 Å². The van der Waals surface area contributed by atoms with Crippen LogP contribution < -0.4 is 4.74 Å². The molecule has 1 heterocycles. The summed E-state index contributed by atoms with van der Waals surface area (Å²) in [6.45, 7) is 0. The third-order valence-corrected chi connectivity index (χ3v) is 4.85. The maximum absolute atomic E-state index is 6.02. The molecule has 0 bridgehead atoms. The smallest absolute Gasteiger partial charge is 0.204 e. The molecular weight excluding hydrogens is 240 g/mol. The number of halogens is 1. The normalized spacial score (nSPS) is 17.2. The molecule has 16 heavy (non-hydrogen) atoms. The van der Waals surface area contributed by atoms with Gasteiger partial charge in [-0.3, -0.25) is 0 Å². The topological polar surface area (TPSA) is 9.23 Å². The number of ether oxygens (including phenoxy) is 1. The molecule has 0 fully saturated rings. The fraction of sp³-hybridized carbons (Fsp3) is 0.0769. The molecule has 1 atom stereocenters. The van der Waals surface area contributed by atoms with E-state index in [1.165, 1.54) is 9.79 Å². The molecule has 1 aliphatic heterocycles.